The standard InChI is InChI=1S/C19H27N5O2/c1-4-26-17(25)13-20-19(11-9-15(3)10-12-19)18-21-22-23-24(18)16-7-5-14(2)6-8-16/h5-8,15,20H,4,9-13H2,1-3H3. The molecule has 1 aliphatic rings. The van der Waals surface area contributed by atoms with Crippen molar-refractivity contribution in [2.24, 2.45) is 5.92 Å². The summed E-state index contributed by atoms with van der Waals surface area (Å²) in [6.07, 6.45) is 3.91. The van der Waals surface area contributed by atoms with Gasteiger partial charge in [-0.15, -0.1) is 5.10 Å². The molecule has 1 aromatic heterocycles. The number of nitrogens with one attached hydrogen (secondary N) is 1. The van der Waals surface area contributed by atoms with Gasteiger partial charge in [0.1, 0.15) is 0 Å². The molecule has 7 nitrogen and oxygen atoms in total. The van der Waals surface area contributed by atoms with Gasteiger partial charge >= 0.3 is 5.97 Å². The summed E-state index contributed by atoms with van der Waals surface area (Å²) in [5.41, 5.74) is 1.68. The SMILES string of the molecule is CCOC(=O)CNC1(c2nnnn2-c2ccc(C)cc2)CCC(C)CC1. The number of hydrogen-bond acceptors (Lipinski definition) is 6. The van der Waals surface area contributed by atoms with E-state index >= 15 is 0 Å². The average Bonchev–Trinajstić information content (AvgIpc) is 3.13. The van der Waals surface area contributed by atoms with Crippen LogP contribution in [0.3, 0.4) is 0 Å². The molecule has 1 fully saturated rings. The van der Waals surface area contributed by atoms with E-state index in [1.165, 1.54) is 5.56 Å². The van der Waals surface area contributed by atoms with E-state index < -0.39 is 5.54 Å². The summed E-state index contributed by atoms with van der Waals surface area (Å²) >= 11 is 0. The number of ether oxygens (including phenoxy) is 1. The van der Waals surface area contributed by atoms with Gasteiger partial charge in [-0.05, 0) is 68.0 Å². The summed E-state index contributed by atoms with van der Waals surface area (Å²) in [5, 5.41) is 15.9. The highest BCUT2D eigenvalue weighted by Gasteiger charge is 2.40. The van der Waals surface area contributed by atoms with Crippen molar-refractivity contribution in [1.29, 1.82) is 0 Å². The van der Waals surface area contributed by atoms with Gasteiger partial charge < -0.3 is 4.74 Å². The van der Waals surface area contributed by atoms with Crippen molar-refractivity contribution in [1.82, 2.24) is 25.5 Å². The quantitative estimate of drug-likeness (QED) is 0.800. The van der Waals surface area contributed by atoms with Crippen molar-refractivity contribution in [3.8, 4) is 5.69 Å². The van der Waals surface area contributed by atoms with Crippen molar-refractivity contribution in [3.05, 3.63) is 35.7 Å². The molecule has 1 aliphatic carbocycles. The van der Waals surface area contributed by atoms with Crippen LogP contribution in [0.2, 0.25) is 0 Å². The van der Waals surface area contributed by atoms with Crippen LogP contribution in [-0.4, -0.2) is 39.3 Å². The van der Waals surface area contributed by atoms with Crippen LogP contribution in [0.15, 0.2) is 24.3 Å². The normalized spacial score (nSPS) is 23.0. The Morgan fingerprint density at radius 2 is 2.00 bits per heavy atom. The number of carbonyl (C=O) groups is 1. The van der Waals surface area contributed by atoms with Gasteiger partial charge in [-0.25, -0.2) is 0 Å². The Morgan fingerprint density at radius 3 is 2.65 bits per heavy atom. The minimum absolute atomic E-state index is 0.156. The van der Waals surface area contributed by atoms with Crippen LogP contribution in [-0.2, 0) is 15.1 Å². The van der Waals surface area contributed by atoms with E-state index in [0.29, 0.717) is 12.5 Å². The lowest BCUT2D eigenvalue weighted by Gasteiger charge is -2.38. The van der Waals surface area contributed by atoms with Crippen LogP contribution < -0.4 is 5.32 Å². The zero-order valence-electron chi connectivity index (χ0n) is 15.7. The number of esters is 1. The Labute approximate surface area is 154 Å². The van der Waals surface area contributed by atoms with Crippen LogP contribution in [0.1, 0.15) is 50.9 Å². The van der Waals surface area contributed by atoms with E-state index in [4.69, 9.17) is 4.74 Å². The molecular formula is C19H27N5O2. The van der Waals surface area contributed by atoms with Gasteiger partial charge in [-0.3, -0.25) is 10.1 Å². The maximum atomic E-state index is 11.9. The molecule has 0 atom stereocenters. The third-order valence-electron chi connectivity index (χ3n) is 5.18. The fourth-order valence-electron chi connectivity index (χ4n) is 3.53. The lowest BCUT2D eigenvalue weighted by Crippen LogP contribution is -2.49. The number of tetrazole rings is 1. The van der Waals surface area contributed by atoms with Gasteiger partial charge in [-0.1, -0.05) is 24.6 Å². The van der Waals surface area contributed by atoms with Gasteiger partial charge in [0.15, 0.2) is 5.82 Å². The summed E-state index contributed by atoms with van der Waals surface area (Å²) in [7, 11) is 0. The third-order valence-corrected chi connectivity index (χ3v) is 5.18. The molecule has 2 aromatic rings. The molecule has 1 heterocycles. The van der Waals surface area contributed by atoms with E-state index in [-0.39, 0.29) is 12.5 Å². The lowest BCUT2D eigenvalue weighted by atomic mass is 9.76. The predicted octanol–water partition coefficient (Wildman–Crippen LogP) is 2.53. The maximum Gasteiger partial charge on any atom is 0.319 e. The Balaban J connectivity index is 1.91. The molecule has 7 heteroatoms. The van der Waals surface area contributed by atoms with E-state index in [1.54, 1.807) is 4.68 Å². The molecule has 0 bridgehead atoms. The molecule has 1 aromatic carbocycles. The molecule has 3 rings (SSSR count). The van der Waals surface area contributed by atoms with Crippen LogP contribution in [0.25, 0.3) is 5.69 Å². The molecule has 1 saturated carbocycles. The van der Waals surface area contributed by atoms with Crippen LogP contribution in [0.5, 0.6) is 0 Å². The van der Waals surface area contributed by atoms with E-state index in [1.807, 2.05) is 31.2 Å². The fourth-order valence-corrected chi connectivity index (χ4v) is 3.53. The highest BCUT2D eigenvalue weighted by molar-refractivity contribution is 5.71. The maximum absolute atomic E-state index is 11.9. The molecular weight excluding hydrogens is 330 g/mol. The number of benzene rings is 1. The number of hydrogen-bond donors (Lipinski definition) is 1. The monoisotopic (exact) mass is 357 g/mol. The Kier molecular flexibility index (Phi) is 5.66. The largest absolute Gasteiger partial charge is 0.465 e. The van der Waals surface area contributed by atoms with Crippen LogP contribution in [0, 0.1) is 12.8 Å². The Morgan fingerprint density at radius 1 is 1.31 bits per heavy atom. The van der Waals surface area contributed by atoms with Gasteiger partial charge in [-0.2, -0.15) is 4.68 Å². The van der Waals surface area contributed by atoms with Crippen molar-refractivity contribution in [3.63, 3.8) is 0 Å². The summed E-state index contributed by atoms with van der Waals surface area (Å²) in [4.78, 5) is 11.9. The number of aryl methyl sites for hydroxylation is 1. The van der Waals surface area contributed by atoms with Crippen LogP contribution >= 0.6 is 0 Å². The molecule has 0 radical (unpaired) electrons. The summed E-state index contributed by atoms with van der Waals surface area (Å²) < 4.78 is 6.87. The van der Waals surface area contributed by atoms with Crippen molar-refractivity contribution >= 4 is 5.97 Å². The highest BCUT2D eigenvalue weighted by Crippen LogP contribution is 2.38. The van der Waals surface area contributed by atoms with Crippen molar-refractivity contribution in [2.75, 3.05) is 13.2 Å². The summed E-state index contributed by atoms with van der Waals surface area (Å²) in [5.74, 6) is 1.17. The Bertz CT molecular complexity index is 733. The topological polar surface area (TPSA) is 81.9 Å². The second-order valence-electron chi connectivity index (χ2n) is 7.17. The minimum atomic E-state index is -0.423. The second-order valence-corrected chi connectivity index (χ2v) is 7.17. The Hall–Kier alpha value is -2.28. The smallest absolute Gasteiger partial charge is 0.319 e. The molecule has 26 heavy (non-hydrogen) atoms. The number of rotatable bonds is 6. The van der Waals surface area contributed by atoms with Crippen LogP contribution in [0.4, 0.5) is 0 Å². The van der Waals surface area contributed by atoms with Gasteiger partial charge in [0.25, 0.3) is 0 Å². The zero-order valence-corrected chi connectivity index (χ0v) is 15.7. The first kappa shape index (κ1) is 18.5. The average molecular weight is 357 g/mol. The first-order chi connectivity index (χ1) is 12.5. The van der Waals surface area contributed by atoms with Gasteiger partial charge in [0.05, 0.1) is 24.4 Å². The number of nitrogens with zero attached hydrogens (tertiary/aromatic N) is 4. The van der Waals surface area contributed by atoms with Crippen molar-refractivity contribution < 1.29 is 9.53 Å². The predicted molar refractivity (Wildman–Crippen MR) is 97.8 cm³/mol. The number of carbonyl (C=O) groups excluding carboxylic acids is 1. The molecule has 1 N–H and O–H groups in total. The third kappa shape index (κ3) is 3.93. The first-order valence-electron chi connectivity index (χ1n) is 9.30. The summed E-state index contributed by atoms with van der Waals surface area (Å²) in [6.45, 7) is 6.66. The van der Waals surface area contributed by atoms with E-state index in [9.17, 15) is 4.79 Å². The minimum Gasteiger partial charge on any atom is -0.465 e. The zero-order chi connectivity index (χ0) is 18.6. The van der Waals surface area contributed by atoms with Crippen molar-refractivity contribution in [2.45, 2.75) is 52.0 Å². The molecule has 0 saturated heterocycles. The second kappa shape index (κ2) is 7.95. The summed E-state index contributed by atoms with van der Waals surface area (Å²) in [6, 6.07) is 8.12. The lowest BCUT2D eigenvalue weighted by molar-refractivity contribution is -0.142. The van der Waals surface area contributed by atoms with E-state index in [0.717, 1.165) is 37.2 Å². The fraction of sp³-hybridized carbons (Fsp3) is 0.579. The van der Waals surface area contributed by atoms with Gasteiger partial charge in [0, 0.05) is 0 Å². The number of aromatic nitrogens is 4. The van der Waals surface area contributed by atoms with E-state index in [2.05, 4.69) is 34.7 Å². The highest BCUT2D eigenvalue weighted by atomic mass is 16.5. The molecule has 0 aliphatic heterocycles. The molecule has 140 valence electrons. The molecule has 0 spiro atoms. The molecule has 0 amide bonds. The molecule has 0 unspecified atom stereocenters. The first-order valence-corrected chi connectivity index (χ1v) is 9.30. The van der Waals surface area contributed by atoms with Gasteiger partial charge in [0.2, 0.25) is 0 Å².